The van der Waals surface area contributed by atoms with E-state index in [2.05, 4.69) is 52.8 Å². The summed E-state index contributed by atoms with van der Waals surface area (Å²) in [4.78, 5) is 4.32. The summed E-state index contributed by atoms with van der Waals surface area (Å²) < 4.78 is 13.2. The molecule has 29 heavy (non-hydrogen) atoms. The third-order valence-electron chi connectivity index (χ3n) is 4.67. The molecule has 0 fully saturated rings. The van der Waals surface area contributed by atoms with Gasteiger partial charge in [0.05, 0.1) is 12.3 Å². The van der Waals surface area contributed by atoms with Crippen LogP contribution in [0.4, 0.5) is 0 Å². The van der Waals surface area contributed by atoms with Crippen LogP contribution in [0.5, 0.6) is 5.75 Å². The predicted molar refractivity (Wildman–Crippen MR) is 128 cm³/mol. The molecule has 0 atom stereocenters. The number of rotatable bonds is 9. The van der Waals surface area contributed by atoms with Crippen LogP contribution in [0, 0.1) is 20.8 Å². The highest BCUT2D eigenvalue weighted by molar-refractivity contribution is 14.0. The number of aryl methyl sites for hydroxylation is 3. The number of nitrogens with one attached hydrogen (secondary N) is 2. The number of nitrogens with zero attached hydrogens (tertiary/aromatic N) is 3. The third kappa shape index (κ3) is 7.50. The van der Waals surface area contributed by atoms with Crippen molar-refractivity contribution in [1.82, 2.24) is 20.4 Å². The van der Waals surface area contributed by atoms with Gasteiger partial charge in [0, 0.05) is 50.6 Å². The molecule has 0 bridgehead atoms. The smallest absolute Gasteiger partial charge is 0.191 e. The summed E-state index contributed by atoms with van der Waals surface area (Å²) in [5.41, 5.74) is 5.63. The van der Waals surface area contributed by atoms with Crippen molar-refractivity contribution < 1.29 is 9.47 Å². The van der Waals surface area contributed by atoms with Crippen LogP contribution in [0.2, 0.25) is 0 Å². The number of hydrogen-bond acceptors (Lipinski definition) is 4. The van der Waals surface area contributed by atoms with E-state index in [0.717, 1.165) is 28.7 Å². The van der Waals surface area contributed by atoms with Crippen molar-refractivity contribution in [2.24, 2.45) is 12.0 Å². The lowest BCUT2D eigenvalue weighted by molar-refractivity contribution is 0.110. The Labute approximate surface area is 191 Å². The number of benzene rings is 1. The number of aliphatic imine (C=N–C) groups is 1. The lowest BCUT2D eigenvalue weighted by atomic mass is 10.1. The second-order valence-corrected chi connectivity index (χ2v) is 6.71. The molecule has 0 aliphatic carbocycles. The maximum Gasteiger partial charge on any atom is 0.191 e. The summed E-state index contributed by atoms with van der Waals surface area (Å²) in [6.45, 7) is 11.3. The zero-order valence-corrected chi connectivity index (χ0v) is 20.7. The Morgan fingerprint density at radius 3 is 2.48 bits per heavy atom. The Morgan fingerprint density at radius 1 is 1.14 bits per heavy atom. The van der Waals surface area contributed by atoms with Gasteiger partial charge in [-0.1, -0.05) is 12.1 Å². The van der Waals surface area contributed by atoms with Crippen LogP contribution in [-0.2, 0) is 24.9 Å². The largest absolute Gasteiger partial charge is 0.491 e. The highest BCUT2D eigenvalue weighted by Crippen LogP contribution is 2.20. The second kappa shape index (κ2) is 12.7. The van der Waals surface area contributed by atoms with E-state index in [1.165, 1.54) is 11.1 Å². The summed E-state index contributed by atoms with van der Waals surface area (Å²) in [6, 6.07) is 6.23. The zero-order valence-electron chi connectivity index (χ0n) is 18.3. The van der Waals surface area contributed by atoms with E-state index >= 15 is 0 Å². The Balaban J connectivity index is 0.00000420. The van der Waals surface area contributed by atoms with Gasteiger partial charge < -0.3 is 20.1 Å². The van der Waals surface area contributed by atoms with Gasteiger partial charge in [-0.25, -0.2) is 0 Å². The zero-order chi connectivity index (χ0) is 20.5. The Bertz CT molecular complexity index is 805. The van der Waals surface area contributed by atoms with Gasteiger partial charge in [0.2, 0.25) is 0 Å². The van der Waals surface area contributed by atoms with E-state index < -0.39 is 0 Å². The quantitative estimate of drug-likeness (QED) is 0.232. The molecule has 2 aromatic rings. The van der Waals surface area contributed by atoms with Gasteiger partial charge in [-0.05, 0) is 39.3 Å². The molecule has 0 saturated carbocycles. The fourth-order valence-electron chi connectivity index (χ4n) is 2.94. The van der Waals surface area contributed by atoms with E-state index in [4.69, 9.17) is 9.47 Å². The summed E-state index contributed by atoms with van der Waals surface area (Å²) in [7, 11) is 3.73. The predicted octanol–water partition coefficient (Wildman–Crippen LogP) is 3.24. The molecule has 0 spiro atoms. The first-order valence-corrected chi connectivity index (χ1v) is 9.69. The highest BCUT2D eigenvalue weighted by atomic mass is 127. The van der Waals surface area contributed by atoms with Crippen molar-refractivity contribution in [3.05, 3.63) is 46.3 Å². The summed E-state index contributed by atoms with van der Waals surface area (Å²) >= 11 is 0. The van der Waals surface area contributed by atoms with Crippen molar-refractivity contribution in [2.75, 3.05) is 26.9 Å². The Morgan fingerprint density at radius 2 is 1.86 bits per heavy atom. The molecule has 2 rings (SSSR count). The van der Waals surface area contributed by atoms with Gasteiger partial charge in [0.1, 0.15) is 12.4 Å². The van der Waals surface area contributed by atoms with Crippen LogP contribution in [0.3, 0.4) is 0 Å². The summed E-state index contributed by atoms with van der Waals surface area (Å²) in [5, 5.41) is 11.2. The Hall–Kier alpha value is -1.81. The first-order valence-electron chi connectivity index (χ1n) is 9.69. The van der Waals surface area contributed by atoms with Gasteiger partial charge in [0.25, 0.3) is 0 Å². The molecule has 7 nitrogen and oxygen atoms in total. The molecule has 0 saturated heterocycles. The fraction of sp³-hybridized carbons (Fsp3) is 0.524. The molecular weight excluding hydrogens is 481 g/mol. The van der Waals surface area contributed by atoms with Gasteiger partial charge in [-0.2, -0.15) is 5.10 Å². The number of halogens is 1. The molecule has 1 heterocycles. The molecule has 162 valence electrons. The number of hydrogen-bond donors (Lipinski definition) is 2. The SMILES string of the molecule is CCOCCOc1cc(C)ccc1CNC(=NC)NCc1c(C)nn(C)c1C.I. The van der Waals surface area contributed by atoms with Crippen LogP contribution in [0.15, 0.2) is 23.2 Å². The first-order chi connectivity index (χ1) is 13.5. The van der Waals surface area contributed by atoms with E-state index in [-0.39, 0.29) is 24.0 Å². The number of ether oxygens (including phenoxy) is 2. The first kappa shape index (κ1) is 25.2. The lowest BCUT2D eigenvalue weighted by Crippen LogP contribution is -2.36. The minimum absolute atomic E-state index is 0. The average molecular weight is 515 g/mol. The van der Waals surface area contributed by atoms with Crippen LogP contribution in [0.1, 0.15) is 35.0 Å². The minimum atomic E-state index is 0. The third-order valence-corrected chi connectivity index (χ3v) is 4.67. The maximum atomic E-state index is 5.91. The van der Waals surface area contributed by atoms with Gasteiger partial charge >= 0.3 is 0 Å². The van der Waals surface area contributed by atoms with E-state index in [0.29, 0.717) is 32.9 Å². The summed E-state index contributed by atoms with van der Waals surface area (Å²) in [6.07, 6.45) is 0. The van der Waals surface area contributed by atoms with E-state index in [1.807, 2.05) is 25.6 Å². The van der Waals surface area contributed by atoms with Crippen molar-refractivity contribution in [2.45, 2.75) is 40.8 Å². The van der Waals surface area contributed by atoms with Gasteiger partial charge in [-0.15, -0.1) is 24.0 Å². The van der Waals surface area contributed by atoms with Crippen molar-refractivity contribution in [1.29, 1.82) is 0 Å². The minimum Gasteiger partial charge on any atom is -0.491 e. The van der Waals surface area contributed by atoms with Crippen LogP contribution >= 0.6 is 24.0 Å². The lowest BCUT2D eigenvalue weighted by Gasteiger charge is -2.16. The molecule has 2 N–H and O–H groups in total. The van der Waals surface area contributed by atoms with Crippen LogP contribution in [0.25, 0.3) is 0 Å². The molecular formula is C21H34IN5O2. The Kier molecular flexibility index (Phi) is 11.0. The molecule has 0 aliphatic rings. The normalized spacial score (nSPS) is 11.2. The van der Waals surface area contributed by atoms with Crippen LogP contribution in [-0.4, -0.2) is 42.6 Å². The molecule has 0 amide bonds. The van der Waals surface area contributed by atoms with Gasteiger partial charge in [-0.3, -0.25) is 9.67 Å². The second-order valence-electron chi connectivity index (χ2n) is 6.71. The average Bonchev–Trinajstić information content (AvgIpc) is 2.92. The molecule has 1 aromatic carbocycles. The summed E-state index contributed by atoms with van der Waals surface area (Å²) in [5.74, 6) is 1.62. The van der Waals surface area contributed by atoms with Crippen molar-refractivity contribution in [3.8, 4) is 5.75 Å². The van der Waals surface area contributed by atoms with Gasteiger partial charge in [0.15, 0.2) is 5.96 Å². The molecule has 8 heteroatoms. The fourth-order valence-corrected chi connectivity index (χ4v) is 2.94. The molecule has 0 unspecified atom stereocenters. The van der Waals surface area contributed by atoms with E-state index in [9.17, 15) is 0 Å². The standard InChI is InChI=1S/C21H33N5O2.HI/c1-7-27-10-11-28-20-12-15(2)8-9-18(20)13-23-21(22-5)24-14-19-16(3)25-26(6)17(19)4;/h8-9,12H,7,10-11,13-14H2,1-6H3,(H2,22,23,24);1H. The topological polar surface area (TPSA) is 72.7 Å². The van der Waals surface area contributed by atoms with E-state index in [1.54, 1.807) is 7.05 Å². The molecule has 0 aliphatic heterocycles. The molecule has 0 radical (unpaired) electrons. The molecule has 1 aromatic heterocycles. The highest BCUT2D eigenvalue weighted by Gasteiger charge is 2.10. The monoisotopic (exact) mass is 515 g/mol. The maximum absolute atomic E-state index is 5.91. The number of aromatic nitrogens is 2. The van der Waals surface area contributed by atoms with Crippen molar-refractivity contribution in [3.63, 3.8) is 0 Å². The van der Waals surface area contributed by atoms with Crippen molar-refractivity contribution >= 4 is 29.9 Å². The van der Waals surface area contributed by atoms with Crippen LogP contribution < -0.4 is 15.4 Å². The number of guanidine groups is 1.